The van der Waals surface area contributed by atoms with Crippen molar-refractivity contribution in [1.29, 1.82) is 0 Å². The number of rotatable bonds is 3. The second-order valence-electron chi connectivity index (χ2n) is 3.72. The van der Waals surface area contributed by atoms with E-state index in [1.165, 1.54) is 6.20 Å². The second kappa shape index (κ2) is 3.84. The van der Waals surface area contributed by atoms with E-state index in [0.29, 0.717) is 11.4 Å². The average molecular weight is 220 g/mol. The van der Waals surface area contributed by atoms with Crippen molar-refractivity contribution in [3.8, 4) is 5.75 Å². The molecule has 2 heterocycles. The van der Waals surface area contributed by atoms with Gasteiger partial charge in [-0.2, -0.15) is 0 Å². The first kappa shape index (κ1) is 10.5. The van der Waals surface area contributed by atoms with Crippen LogP contribution in [0, 0.1) is 0 Å². The molecule has 0 spiro atoms. The summed E-state index contributed by atoms with van der Waals surface area (Å²) in [6.07, 6.45) is 4.74. The lowest BCUT2D eigenvalue weighted by Gasteiger charge is -2.12. The highest BCUT2D eigenvalue weighted by molar-refractivity contribution is 5.91. The SMILES string of the molecule is CC(C)Oc1cc2nccn2cc1C(=O)O. The molecule has 0 unspecified atom stereocenters. The van der Waals surface area contributed by atoms with Gasteiger partial charge in [0.1, 0.15) is 17.0 Å². The predicted molar refractivity (Wildman–Crippen MR) is 57.9 cm³/mol. The minimum Gasteiger partial charge on any atom is -0.490 e. The van der Waals surface area contributed by atoms with Crippen LogP contribution in [-0.4, -0.2) is 26.6 Å². The maximum absolute atomic E-state index is 11.1. The standard InChI is InChI=1S/C11H12N2O3/c1-7(2)16-9-5-10-12-3-4-13(10)6-8(9)11(14)15/h3-7H,1-2H3,(H,14,15). The highest BCUT2D eigenvalue weighted by Crippen LogP contribution is 2.21. The molecule has 0 saturated heterocycles. The summed E-state index contributed by atoms with van der Waals surface area (Å²) >= 11 is 0. The van der Waals surface area contributed by atoms with Gasteiger partial charge in [0.25, 0.3) is 0 Å². The molecule has 0 saturated carbocycles. The molecule has 84 valence electrons. The first-order valence-corrected chi connectivity index (χ1v) is 4.94. The Morgan fingerprint density at radius 3 is 2.94 bits per heavy atom. The summed E-state index contributed by atoms with van der Waals surface area (Å²) in [6.45, 7) is 3.70. The summed E-state index contributed by atoms with van der Waals surface area (Å²) in [5, 5.41) is 9.06. The number of carboxylic acids is 1. The van der Waals surface area contributed by atoms with Gasteiger partial charge < -0.3 is 14.2 Å². The molecule has 1 N–H and O–H groups in total. The largest absolute Gasteiger partial charge is 0.490 e. The number of aromatic carboxylic acids is 1. The maximum Gasteiger partial charge on any atom is 0.341 e. The van der Waals surface area contributed by atoms with E-state index in [2.05, 4.69) is 4.98 Å². The lowest BCUT2D eigenvalue weighted by atomic mass is 10.2. The van der Waals surface area contributed by atoms with Gasteiger partial charge in [-0.1, -0.05) is 0 Å². The predicted octanol–water partition coefficient (Wildman–Crippen LogP) is 1.82. The number of hydrogen-bond acceptors (Lipinski definition) is 3. The van der Waals surface area contributed by atoms with E-state index in [4.69, 9.17) is 9.84 Å². The topological polar surface area (TPSA) is 63.8 Å². The maximum atomic E-state index is 11.1. The fourth-order valence-electron chi connectivity index (χ4n) is 1.46. The molecule has 2 rings (SSSR count). The van der Waals surface area contributed by atoms with Crippen molar-refractivity contribution in [3.05, 3.63) is 30.2 Å². The fraction of sp³-hybridized carbons (Fsp3) is 0.273. The van der Waals surface area contributed by atoms with Crippen LogP contribution < -0.4 is 4.74 Å². The Morgan fingerprint density at radius 1 is 1.56 bits per heavy atom. The van der Waals surface area contributed by atoms with Crippen LogP contribution in [0.1, 0.15) is 24.2 Å². The van der Waals surface area contributed by atoms with E-state index in [1.54, 1.807) is 22.9 Å². The minimum atomic E-state index is -1.01. The monoisotopic (exact) mass is 220 g/mol. The Hall–Kier alpha value is -2.04. The molecule has 0 aliphatic carbocycles. The summed E-state index contributed by atoms with van der Waals surface area (Å²) in [5.74, 6) is -0.660. The van der Waals surface area contributed by atoms with Crippen LogP contribution in [0.3, 0.4) is 0 Å². The third-order valence-electron chi connectivity index (χ3n) is 2.09. The van der Waals surface area contributed by atoms with Gasteiger partial charge in [-0.3, -0.25) is 0 Å². The zero-order valence-electron chi connectivity index (χ0n) is 9.04. The van der Waals surface area contributed by atoms with E-state index >= 15 is 0 Å². The molecule has 0 amide bonds. The third-order valence-corrected chi connectivity index (χ3v) is 2.09. The van der Waals surface area contributed by atoms with Crippen LogP contribution in [0.4, 0.5) is 0 Å². The Morgan fingerprint density at radius 2 is 2.31 bits per heavy atom. The zero-order valence-corrected chi connectivity index (χ0v) is 9.04. The van der Waals surface area contributed by atoms with Gasteiger partial charge in [0.05, 0.1) is 6.10 Å². The Labute approximate surface area is 92.3 Å². The Balaban J connectivity index is 2.57. The van der Waals surface area contributed by atoms with E-state index < -0.39 is 5.97 Å². The number of carboxylic acid groups (broad SMARTS) is 1. The van der Waals surface area contributed by atoms with Gasteiger partial charge in [0, 0.05) is 24.7 Å². The van der Waals surface area contributed by atoms with Crippen molar-refractivity contribution < 1.29 is 14.6 Å². The van der Waals surface area contributed by atoms with Crippen molar-refractivity contribution in [2.75, 3.05) is 0 Å². The van der Waals surface area contributed by atoms with Gasteiger partial charge in [-0.05, 0) is 13.8 Å². The van der Waals surface area contributed by atoms with Crippen molar-refractivity contribution in [3.63, 3.8) is 0 Å². The molecular weight excluding hydrogens is 208 g/mol. The lowest BCUT2D eigenvalue weighted by molar-refractivity contribution is 0.0690. The second-order valence-corrected chi connectivity index (χ2v) is 3.72. The molecule has 0 atom stereocenters. The fourth-order valence-corrected chi connectivity index (χ4v) is 1.46. The van der Waals surface area contributed by atoms with E-state index in [1.807, 2.05) is 13.8 Å². The van der Waals surface area contributed by atoms with Crippen LogP contribution in [0.25, 0.3) is 5.65 Å². The number of imidazole rings is 1. The average Bonchev–Trinajstić information content (AvgIpc) is 2.62. The molecule has 2 aromatic rings. The molecule has 0 aliphatic rings. The summed E-state index contributed by atoms with van der Waals surface area (Å²) < 4.78 is 7.10. The molecule has 0 bridgehead atoms. The molecule has 5 nitrogen and oxygen atoms in total. The summed E-state index contributed by atoms with van der Waals surface area (Å²) in [5.41, 5.74) is 0.805. The van der Waals surface area contributed by atoms with Gasteiger partial charge in [0.15, 0.2) is 0 Å². The molecule has 2 aromatic heterocycles. The summed E-state index contributed by atoms with van der Waals surface area (Å²) in [4.78, 5) is 15.1. The summed E-state index contributed by atoms with van der Waals surface area (Å²) in [6, 6.07) is 1.63. The smallest absolute Gasteiger partial charge is 0.341 e. The molecule has 0 fully saturated rings. The van der Waals surface area contributed by atoms with Gasteiger partial charge in [0.2, 0.25) is 0 Å². The van der Waals surface area contributed by atoms with Crippen LogP contribution >= 0.6 is 0 Å². The van der Waals surface area contributed by atoms with E-state index in [-0.39, 0.29) is 11.7 Å². The number of ether oxygens (including phenoxy) is 1. The zero-order chi connectivity index (χ0) is 11.7. The number of carbonyl (C=O) groups is 1. The molecule has 5 heteroatoms. The lowest BCUT2D eigenvalue weighted by Crippen LogP contribution is -2.10. The van der Waals surface area contributed by atoms with Gasteiger partial charge >= 0.3 is 5.97 Å². The van der Waals surface area contributed by atoms with Crippen LogP contribution in [0.2, 0.25) is 0 Å². The van der Waals surface area contributed by atoms with Crippen LogP contribution in [-0.2, 0) is 0 Å². The van der Waals surface area contributed by atoms with Crippen LogP contribution in [0.5, 0.6) is 5.75 Å². The number of fused-ring (bicyclic) bond motifs is 1. The van der Waals surface area contributed by atoms with E-state index in [0.717, 1.165) is 0 Å². The normalized spacial score (nSPS) is 10.9. The van der Waals surface area contributed by atoms with Crippen molar-refractivity contribution in [1.82, 2.24) is 9.38 Å². The molecule has 0 radical (unpaired) electrons. The first-order valence-electron chi connectivity index (χ1n) is 4.94. The van der Waals surface area contributed by atoms with Crippen molar-refractivity contribution >= 4 is 11.6 Å². The highest BCUT2D eigenvalue weighted by Gasteiger charge is 2.14. The van der Waals surface area contributed by atoms with E-state index in [9.17, 15) is 4.79 Å². The number of pyridine rings is 1. The van der Waals surface area contributed by atoms with Crippen LogP contribution in [0.15, 0.2) is 24.7 Å². The van der Waals surface area contributed by atoms with Gasteiger partial charge in [-0.25, -0.2) is 9.78 Å². The molecular formula is C11H12N2O3. The molecule has 0 aromatic carbocycles. The third kappa shape index (κ3) is 1.84. The number of aromatic nitrogens is 2. The number of nitrogens with zero attached hydrogens (tertiary/aromatic N) is 2. The molecule has 0 aliphatic heterocycles. The Bertz CT molecular complexity index is 531. The summed E-state index contributed by atoms with van der Waals surface area (Å²) in [7, 11) is 0. The Kier molecular flexibility index (Phi) is 2.52. The van der Waals surface area contributed by atoms with Crippen molar-refractivity contribution in [2.45, 2.75) is 20.0 Å². The van der Waals surface area contributed by atoms with Gasteiger partial charge in [-0.15, -0.1) is 0 Å². The number of hydrogen-bond donors (Lipinski definition) is 1. The van der Waals surface area contributed by atoms with Crippen molar-refractivity contribution in [2.24, 2.45) is 0 Å². The quantitative estimate of drug-likeness (QED) is 0.856. The highest BCUT2D eigenvalue weighted by atomic mass is 16.5. The molecule has 16 heavy (non-hydrogen) atoms. The first-order chi connectivity index (χ1) is 7.58. The minimum absolute atomic E-state index is 0.0736.